The number of carbonyl (C=O) groups excluding carboxylic acids is 2. The van der Waals surface area contributed by atoms with Gasteiger partial charge in [0.15, 0.2) is 5.78 Å². The number of carbonyl (C=O) groups is 2. The smallest absolute Gasteiger partial charge is 0.207 e. The predicted octanol–water partition coefficient (Wildman–Crippen LogP) is 1.25. The van der Waals surface area contributed by atoms with Gasteiger partial charge in [-0.3, -0.25) is 9.59 Å². The lowest BCUT2D eigenvalue weighted by atomic mass is 10.0. The third-order valence-corrected chi connectivity index (χ3v) is 2.48. The monoisotopic (exact) mass is 228 g/mol. The third kappa shape index (κ3) is 7.40. The Bertz CT molecular complexity index is 205. The standard InChI is InChI=1S/C12H24N2O2/c1-4-12(16)11(14-9-15)7-5-6-8-13-10(2)3/h9-11,13H,4-8H2,1-3H3,(H,14,15)/t11-/m0/s1. The summed E-state index contributed by atoms with van der Waals surface area (Å²) in [5.74, 6) is 0.115. The second-order valence-electron chi connectivity index (χ2n) is 4.26. The SMILES string of the molecule is CCC(=O)[C@H](CCCCNC(C)C)NC=O. The molecule has 0 rings (SSSR count). The number of rotatable bonds is 10. The van der Waals surface area contributed by atoms with E-state index in [2.05, 4.69) is 24.5 Å². The lowest BCUT2D eigenvalue weighted by Crippen LogP contribution is -2.35. The van der Waals surface area contributed by atoms with Crippen molar-refractivity contribution < 1.29 is 9.59 Å². The van der Waals surface area contributed by atoms with E-state index in [9.17, 15) is 9.59 Å². The predicted molar refractivity (Wildman–Crippen MR) is 65.3 cm³/mol. The maximum Gasteiger partial charge on any atom is 0.207 e. The molecular formula is C12H24N2O2. The Labute approximate surface area is 98.2 Å². The summed E-state index contributed by atoms with van der Waals surface area (Å²) in [4.78, 5) is 21.8. The fourth-order valence-electron chi connectivity index (χ4n) is 1.53. The zero-order valence-electron chi connectivity index (χ0n) is 10.6. The van der Waals surface area contributed by atoms with E-state index >= 15 is 0 Å². The fourth-order valence-corrected chi connectivity index (χ4v) is 1.53. The molecule has 0 aliphatic rings. The molecule has 0 bridgehead atoms. The van der Waals surface area contributed by atoms with Gasteiger partial charge >= 0.3 is 0 Å². The Balaban J connectivity index is 3.68. The average Bonchev–Trinajstić information content (AvgIpc) is 2.25. The summed E-state index contributed by atoms with van der Waals surface area (Å²) in [7, 11) is 0. The van der Waals surface area contributed by atoms with Crippen LogP contribution in [0.4, 0.5) is 0 Å². The highest BCUT2D eigenvalue weighted by atomic mass is 16.1. The minimum absolute atomic E-state index is 0.115. The zero-order valence-corrected chi connectivity index (χ0v) is 10.6. The van der Waals surface area contributed by atoms with Crippen molar-refractivity contribution >= 4 is 12.2 Å². The molecule has 94 valence electrons. The van der Waals surface area contributed by atoms with E-state index in [1.807, 2.05) is 6.92 Å². The largest absolute Gasteiger partial charge is 0.349 e. The Morgan fingerprint density at radius 1 is 1.31 bits per heavy atom. The Morgan fingerprint density at radius 2 is 2.00 bits per heavy atom. The molecular weight excluding hydrogens is 204 g/mol. The molecule has 4 heteroatoms. The molecule has 4 nitrogen and oxygen atoms in total. The highest BCUT2D eigenvalue weighted by Crippen LogP contribution is 2.03. The number of Topliss-reactive ketones (excluding diaryl/α,β-unsaturated/α-hetero) is 1. The van der Waals surface area contributed by atoms with E-state index in [0.717, 1.165) is 25.8 Å². The summed E-state index contributed by atoms with van der Waals surface area (Å²) >= 11 is 0. The lowest BCUT2D eigenvalue weighted by molar-refractivity contribution is -0.123. The van der Waals surface area contributed by atoms with Crippen LogP contribution in [0.3, 0.4) is 0 Å². The summed E-state index contributed by atoms with van der Waals surface area (Å²) in [6, 6.07) is 0.211. The van der Waals surface area contributed by atoms with Gasteiger partial charge in [0.1, 0.15) is 0 Å². The van der Waals surface area contributed by atoms with Crippen molar-refractivity contribution in [3.8, 4) is 0 Å². The molecule has 0 unspecified atom stereocenters. The molecule has 0 aliphatic heterocycles. The van der Waals surface area contributed by atoms with Crippen LogP contribution in [0.1, 0.15) is 46.5 Å². The normalized spacial score (nSPS) is 12.5. The molecule has 0 aromatic carbocycles. The number of hydrogen-bond acceptors (Lipinski definition) is 3. The quantitative estimate of drug-likeness (QED) is 0.437. The van der Waals surface area contributed by atoms with E-state index in [0.29, 0.717) is 18.9 Å². The van der Waals surface area contributed by atoms with Crippen LogP contribution in [0.25, 0.3) is 0 Å². The topological polar surface area (TPSA) is 58.2 Å². The molecule has 0 aliphatic carbocycles. The summed E-state index contributed by atoms with van der Waals surface area (Å²) in [5, 5.41) is 5.90. The van der Waals surface area contributed by atoms with Crippen molar-refractivity contribution in [2.45, 2.75) is 58.5 Å². The average molecular weight is 228 g/mol. The summed E-state index contributed by atoms with van der Waals surface area (Å²) in [6.45, 7) is 7.00. The first-order chi connectivity index (χ1) is 7.61. The number of amides is 1. The third-order valence-electron chi connectivity index (χ3n) is 2.48. The molecule has 0 saturated heterocycles. The van der Waals surface area contributed by atoms with Gasteiger partial charge in [-0.15, -0.1) is 0 Å². The van der Waals surface area contributed by atoms with E-state index in [1.165, 1.54) is 0 Å². The molecule has 1 amide bonds. The molecule has 0 spiro atoms. The van der Waals surface area contributed by atoms with Gasteiger partial charge in [-0.05, 0) is 25.8 Å². The summed E-state index contributed by atoms with van der Waals surface area (Å²) < 4.78 is 0. The molecule has 16 heavy (non-hydrogen) atoms. The van der Waals surface area contributed by atoms with Crippen LogP contribution in [0.5, 0.6) is 0 Å². The maximum absolute atomic E-state index is 11.4. The van der Waals surface area contributed by atoms with Gasteiger partial charge in [-0.25, -0.2) is 0 Å². The van der Waals surface area contributed by atoms with E-state index < -0.39 is 0 Å². The first kappa shape index (κ1) is 15.1. The van der Waals surface area contributed by atoms with Crippen molar-refractivity contribution in [2.75, 3.05) is 6.54 Å². The molecule has 0 saturated carbocycles. The lowest BCUT2D eigenvalue weighted by Gasteiger charge is -2.14. The van der Waals surface area contributed by atoms with Crippen molar-refractivity contribution in [3.05, 3.63) is 0 Å². The highest BCUT2D eigenvalue weighted by molar-refractivity contribution is 5.85. The van der Waals surface area contributed by atoms with Gasteiger partial charge < -0.3 is 10.6 Å². The molecule has 0 aromatic rings. The number of ketones is 1. The van der Waals surface area contributed by atoms with Gasteiger partial charge in [0.05, 0.1) is 6.04 Å². The molecule has 2 N–H and O–H groups in total. The Kier molecular flexibility index (Phi) is 8.81. The van der Waals surface area contributed by atoms with Crippen molar-refractivity contribution in [1.82, 2.24) is 10.6 Å². The first-order valence-corrected chi connectivity index (χ1v) is 6.07. The van der Waals surface area contributed by atoms with Gasteiger partial charge in [0.25, 0.3) is 0 Å². The fraction of sp³-hybridized carbons (Fsp3) is 0.833. The van der Waals surface area contributed by atoms with Crippen LogP contribution in [0.2, 0.25) is 0 Å². The molecule has 0 fully saturated rings. The highest BCUT2D eigenvalue weighted by Gasteiger charge is 2.14. The Morgan fingerprint density at radius 3 is 2.50 bits per heavy atom. The van der Waals surface area contributed by atoms with Crippen molar-refractivity contribution in [3.63, 3.8) is 0 Å². The van der Waals surface area contributed by atoms with Crippen LogP contribution in [0.15, 0.2) is 0 Å². The minimum Gasteiger partial charge on any atom is -0.349 e. The molecule has 0 aromatic heterocycles. The molecule has 0 heterocycles. The second kappa shape index (κ2) is 9.33. The minimum atomic E-state index is -0.290. The second-order valence-corrected chi connectivity index (χ2v) is 4.26. The van der Waals surface area contributed by atoms with Crippen LogP contribution in [-0.4, -0.2) is 30.8 Å². The molecule has 1 atom stereocenters. The van der Waals surface area contributed by atoms with E-state index in [-0.39, 0.29) is 11.8 Å². The van der Waals surface area contributed by atoms with E-state index in [1.54, 1.807) is 0 Å². The molecule has 0 radical (unpaired) electrons. The van der Waals surface area contributed by atoms with Crippen molar-refractivity contribution in [1.29, 1.82) is 0 Å². The number of hydrogen-bond donors (Lipinski definition) is 2. The van der Waals surface area contributed by atoms with Crippen LogP contribution in [-0.2, 0) is 9.59 Å². The van der Waals surface area contributed by atoms with Crippen LogP contribution >= 0.6 is 0 Å². The van der Waals surface area contributed by atoms with Crippen LogP contribution < -0.4 is 10.6 Å². The zero-order chi connectivity index (χ0) is 12.4. The van der Waals surface area contributed by atoms with Crippen molar-refractivity contribution in [2.24, 2.45) is 0 Å². The summed E-state index contributed by atoms with van der Waals surface area (Å²) in [5.41, 5.74) is 0. The summed E-state index contributed by atoms with van der Waals surface area (Å²) in [6.07, 6.45) is 3.83. The number of unbranched alkanes of at least 4 members (excludes halogenated alkanes) is 1. The number of nitrogens with one attached hydrogen (secondary N) is 2. The van der Waals surface area contributed by atoms with E-state index in [4.69, 9.17) is 0 Å². The maximum atomic E-state index is 11.4. The van der Waals surface area contributed by atoms with Gasteiger partial charge in [0.2, 0.25) is 6.41 Å². The van der Waals surface area contributed by atoms with Gasteiger partial charge in [0, 0.05) is 12.5 Å². The van der Waals surface area contributed by atoms with Gasteiger partial charge in [-0.2, -0.15) is 0 Å². The van der Waals surface area contributed by atoms with Gasteiger partial charge in [-0.1, -0.05) is 20.8 Å². The van der Waals surface area contributed by atoms with Crippen LogP contribution in [0, 0.1) is 0 Å². The Hall–Kier alpha value is -0.900. The first-order valence-electron chi connectivity index (χ1n) is 6.07.